The smallest absolute Gasteiger partial charge is 0.292 e. The summed E-state index contributed by atoms with van der Waals surface area (Å²) in [5, 5.41) is 14.2. The van der Waals surface area contributed by atoms with E-state index in [-0.39, 0.29) is 27.5 Å². The van der Waals surface area contributed by atoms with Gasteiger partial charge in [0.05, 0.1) is 22.7 Å². The molecule has 1 aliphatic heterocycles. The van der Waals surface area contributed by atoms with Gasteiger partial charge < -0.3 is 20.3 Å². The van der Waals surface area contributed by atoms with Gasteiger partial charge in [-0.2, -0.15) is 0 Å². The highest BCUT2D eigenvalue weighted by molar-refractivity contribution is 6.44. The number of Topliss-reactive ketones (excluding diaryl/α,β-unsaturated/α-hetero) is 1. The molecule has 1 fully saturated rings. The minimum Gasteiger partial charge on any atom is -0.394 e. The number of alkyl halides is 2. The molecule has 1 aromatic heterocycles. The van der Waals surface area contributed by atoms with Crippen molar-refractivity contribution < 1.29 is 32.7 Å². The molecule has 4 rings (SSSR count). The molecule has 0 unspecified atom stereocenters. The van der Waals surface area contributed by atoms with Gasteiger partial charge in [0.2, 0.25) is 0 Å². The summed E-state index contributed by atoms with van der Waals surface area (Å²) in [6.45, 7) is 1.25. The molecule has 2 amide bonds. The van der Waals surface area contributed by atoms with E-state index in [1.807, 2.05) is 0 Å². The molecule has 0 bridgehead atoms. The van der Waals surface area contributed by atoms with Crippen molar-refractivity contribution in [1.29, 1.82) is 0 Å². The normalized spacial score (nSPS) is 17.8. The summed E-state index contributed by atoms with van der Waals surface area (Å²) in [5.41, 5.74) is -0.299. The highest BCUT2D eigenvalue weighted by Gasteiger charge is 2.57. The maximum atomic E-state index is 13.4. The predicted octanol–water partition coefficient (Wildman–Crippen LogP) is 3.25. The van der Waals surface area contributed by atoms with Crippen LogP contribution in [0.15, 0.2) is 18.2 Å². The number of hydrogen-bond donors (Lipinski definition) is 3. The molecule has 1 saturated carbocycles. The third kappa shape index (κ3) is 4.13. The second-order valence-electron chi connectivity index (χ2n) is 8.56. The van der Waals surface area contributed by atoms with Gasteiger partial charge in [-0.3, -0.25) is 14.4 Å². The number of carbonyl (C=O) groups excluding carboxylic acids is 3. The number of rotatable bonds is 6. The summed E-state index contributed by atoms with van der Waals surface area (Å²) >= 11 is 5.76. The second kappa shape index (κ2) is 8.18. The zero-order chi connectivity index (χ0) is 24.1. The molecule has 3 N–H and O–H groups in total. The number of ketones is 1. The van der Waals surface area contributed by atoms with Gasteiger partial charge in [-0.05, 0) is 43.5 Å². The van der Waals surface area contributed by atoms with Crippen molar-refractivity contribution in [3.05, 3.63) is 51.6 Å². The molecule has 0 atom stereocenters. The molecule has 1 aliphatic carbocycles. The average Bonchev–Trinajstić information content (AvgIpc) is 3.27. The third-order valence-corrected chi connectivity index (χ3v) is 6.40. The molecular weight excluding hydrogens is 463 g/mol. The number of fused-ring (bicyclic) bond motifs is 1. The van der Waals surface area contributed by atoms with Crippen LogP contribution >= 0.6 is 11.6 Å². The van der Waals surface area contributed by atoms with E-state index >= 15 is 0 Å². The Morgan fingerprint density at radius 3 is 2.55 bits per heavy atom. The number of anilines is 1. The van der Waals surface area contributed by atoms with Gasteiger partial charge in [0.15, 0.2) is 0 Å². The Morgan fingerprint density at radius 1 is 1.24 bits per heavy atom. The highest BCUT2D eigenvalue weighted by atomic mass is 35.5. The first-order valence-corrected chi connectivity index (χ1v) is 10.7. The fourth-order valence-electron chi connectivity index (χ4n) is 4.67. The number of nitrogens with zero attached hydrogens (tertiary/aromatic N) is 1. The van der Waals surface area contributed by atoms with Gasteiger partial charge in [-0.25, -0.2) is 13.2 Å². The van der Waals surface area contributed by atoms with E-state index in [0.717, 1.165) is 6.07 Å². The van der Waals surface area contributed by atoms with Crippen molar-refractivity contribution in [2.45, 2.75) is 50.6 Å². The monoisotopic (exact) mass is 483 g/mol. The number of aliphatic hydroxyl groups excluding tert-OH is 1. The lowest BCUT2D eigenvalue weighted by molar-refractivity contribution is -0.154. The summed E-state index contributed by atoms with van der Waals surface area (Å²) in [7, 11) is 0. The Kier molecular flexibility index (Phi) is 5.78. The SMILES string of the molecule is Cc1c(C(=O)C(=O)NC2(CO)CC(F)(F)C2)c2n(c1C(=O)Nc1ccc(F)c(Cl)c1)CCC2. The number of aliphatic hydroxyl groups is 1. The van der Waals surface area contributed by atoms with E-state index in [1.165, 1.54) is 19.1 Å². The molecule has 2 aliphatic rings. The zero-order valence-corrected chi connectivity index (χ0v) is 18.4. The maximum Gasteiger partial charge on any atom is 0.292 e. The Balaban J connectivity index is 1.60. The summed E-state index contributed by atoms with van der Waals surface area (Å²) in [5.74, 6) is -6.28. The predicted molar refractivity (Wildman–Crippen MR) is 113 cm³/mol. The van der Waals surface area contributed by atoms with Crippen LogP contribution in [0.5, 0.6) is 0 Å². The van der Waals surface area contributed by atoms with Crippen molar-refractivity contribution in [2.24, 2.45) is 0 Å². The number of amides is 2. The first-order chi connectivity index (χ1) is 15.5. The zero-order valence-electron chi connectivity index (χ0n) is 17.6. The molecule has 0 spiro atoms. The first kappa shape index (κ1) is 23.3. The number of aromatic nitrogens is 1. The Morgan fingerprint density at radius 2 is 1.94 bits per heavy atom. The molecule has 0 saturated heterocycles. The third-order valence-electron chi connectivity index (χ3n) is 6.11. The standard InChI is InChI=1S/C22H21ClF3N3O4/c1-11-16(18(31)20(33)28-21(10-30)8-22(25,26)9-21)15-3-2-6-29(15)17(11)19(32)27-12-4-5-14(24)13(23)7-12/h4-5,7,30H,2-3,6,8-10H2,1H3,(H,27,32)(H,28,33). The number of benzene rings is 1. The molecule has 11 heteroatoms. The topological polar surface area (TPSA) is 100 Å². The fraction of sp³-hybridized carbons (Fsp3) is 0.409. The van der Waals surface area contributed by atoms with Crippen LogP contribution in [0.2, 0.25) is 5.02 Å². The largest absolute Gasteiger partial charge is 0.394 e. The molecular formula is C22H21ClF3N3O4. The summed E-state index contributed by atoms with van der Waals surface area (Å²) in [6.07, 6.45) is -0.409. The quantitative estimate of drug-likeness (QED) is 0.434. The highest BCUT2D eigenvalue weighted by Crippen LogP contribution is 2.45. The van der Waals surface area contributed by atoms with Crippen molar-refractivity contribution in [1.82, 2.24) is 9.88 Å². The van der Waals surface area contributed by atoms with Crippen LogP contribution in [-0.4, -0.2) is 45.3 Å². The van der Waals surface area contributed by atoms with E-state index in [0.29, 0.717) is 25.1 Å². The van der Waals surface area contributed by atoms with Crippen LogP contribution in [0.3, 0.4) is 0 Å². The number of halogens is 4. The molecule has 33 heavy (non-hydrogen) atoms. The van der Waals surface area contributed by atoms with Gasteiger partial charge in [-0.1, -0.05) is 11.6 Å². The van der Waals surface area contributed by atoms with E-state index in [9.17, 15) is 32.7 Å². The fourth-order valence-corrected chi connectivity index (χ4v) is 4.85. The van der Waals surface area contributed by atoms with E-state index < -0.39 is 54.3 Å². The number of carbonyl (C=O) groups is 3. The van der Waals surface area contributed by atoms with Crippen LogP contribution in [0.25, 0.3) is 0 Å². The molecule has 1 aromatic carbocycles. The number of nitrogens with one attached hydrogen (secondary N) is 2. The average molecular weight is 484 g/mol. The lowest BCUT2D eigenvalue weighted by Gasteiger charge is -2.46. The molecule has 2 aromatic rings. The molecule has 0 radical (unpaired) electrons. The van der Waals surface area contributed by atoms with Crippen LogP contribution in [0.1, 0.15) is 51.4 Å². The van der Waals surface area contributed by atoms with E-state index in [4.69, 9.17) is 11.6 Å². The summed E-state index contributed by atoms with van der Waals surface area (Å²) in [4.78, 5) is 38.6. The van der Waals surface area contributed by atoms with Gasteiger partial charge in [0.1, 0.15) is 11.5 Å². The maximum absolute atomic E-state index is 13.4. The van der Waals surface area contributed by atoms with Crippen LogP contribution in [-0.2, 0) is 17.8 Å². The number of hydrogen-bond acceptors (Lipinski definition) is 4. The minimum absolute atomic E-state index is 0.0476. The summed E-state index contributed by atoms with van der Waals surface area (Å²) in [6, 6.07) is 3.69. The second-order valence-corrected chi connectivity index (χ2v) is 8.97. The molecule has 7 nitrogen and oxygen atoms in total. The van der Waals surface area contributed by atoms with Crippen LogP contribution in [0.4, 0.5) is 18.9 Å². The Labute approximate surface area is 191 Å². The van der Waals surface area contributed by atoms with Gasteiger partial charge in [-0.15, -0.1) is 0 Å². The molecule has 2 heterocycles. The minimum atomic E-state index is -3.01. The van der Waals surface area contributed by atoms with Crippen molar-refractivity contribution in [2.75, 3.05) is 11.9 Å². The first-order valence-electron chi connectivity index (χ1n) is 10.3. The lowest BCUT2D eigenvalue weighted by atomic mass is 9.73. The van der Waals surface area contributed by atoms with Gasteiger partial charge >= 0.3 is 0 Å². The Bertz CT molecular complexity index is 1170. The van der Waals surface area contributed by atoms with Crippen molar-refractivity contribution >= 4 is 34.9 Å². The van der Waals surface area contributed by atoms with E-state index in [1.54, 1.807) is 4.57 Å². The van der Waals surface area contributed by atoms with Crippen LogP contribution in [0, 0.1) is 12.7 Å². The molecule has 176 valence electrons. The van der Waals surface area contributed by atoms with Crippen molar-refractivity contribution in [3.63, 3.8) is 0 Å². The lowest BCUT2D eigenvalue weighted by Crippen LogP contribution is -2.65. The summed E-state index contributed by atoms with van der Waals surface area (Å²) < 4.78 is 41.7. The van der Waals surface area contributed by atoms with Gasteiger partial charge in [0.25, 0.3) is 23.5 Å². The Hall–Kier alpha value is -2.85. The van der Waals surface area contributed by atoms with Gasteiger partial charge in [0, 0.05) is 30.8 Å². The van der Waals surface area contributed by atoms with Crippen LogP contribution < -0.4 is 10.6 Å². The van der Waals surface area contributed by atoms with Crippen molar-refractivity contribution in [3.8, 4) is 0 Å². The van der Waals surface area contributed by atoms with E-state index in [2.05, 4.69) is 10.6 Å².